The van der Waals surface area contributed by atoms with E-state index in [1.54, 1.807) is 0 Å². The van der Waals surface area contributed by atoms with Gasteiger partial charge in [0.25, 0.3) is 0 Å². The van der Waals surface area contributed by atoms with Gasteiger partial charge in [0.1, 0.15) is 0 Å². The van der Waals surface area contributed by atoms with Crippen molar-refractivity contribution < 1.29 is 0 Å². The van der Waals surface area contributed by atoms with E-state index in [-0.39, 0.29) is 0 Å². The minimum Gasteiger partial charge on any atom is -0.317 e. The summed E-state index contributed by atoms with van der Waals surface area (Å²) >= 11 is 1.82. The first-order valence-electron chi connectivity index (χ1n) is 7.12. The molecule has 0 spiro atoms. The standard InChI is InChI=1S/C16H20N2S/c1-2-12-3-5-13(6-4-12)15-11-19-16(18-15)14-7-9-17-10-8-14/h3-6,11,14,17H,2,7-10H2,1H3. The van der Waals surface area contributed by atoms with Crippen LogP contribution in [0.3, 0.4) is 0 Å². The number of nitrogens with one attached hydrogen (secondary N) is 1. The average molecular weight is 272 g/mol. The maximum Gasteiger partial charge on any atom is 0.0964 e. The lowest BCUT2D eigenvalue weighted by Gasteiger charge is -2.20. The molecule has 0 amide bonds. The number of hydrogen-bond donors (Lipinski definition) is 1. The minimum absolute atomic E-state index is 0.662. The minimum atomic E-state index is 0.662. The summed E-state index contributed by atoms with van der Waals surface area (Å²) in [6.45, 7) is 4.45. The first-order valence-corrected chi connectivity index (χ1v) is 8.00. The Balaban J connectivity index is 1.79. The molecule has 1 N–H and O–H groups in total. The fraction of sp³-hybridized carbons (Fsp3) is 0.438. The van der Waals surface area contributed by atoms with E-state index >= 15 is 0 Å². The molecule has 3 rings (SSSR count). The third-order valence-corrected chi connectivity index (χ3v) is 4.88. The van der Waals surface area contributed by atoms with Crippen LogP contribution in [0.25, 0.3) is 11.3 Å². The highest BCUT2D eigenvalue weighted by Gasteiger charge is 2.18. The first-order chi connectivity index (χ1) is 9.36. The van der Waals surface area contributed by atoms with Gasteiger partial charge < -0.3 is 5.32 Å². The summed E-state index contributed by atoms with van der Waals surface area (Å²) < 4.78 is 0. The first kappa shape index (κ1) is 12.8. The lowest BCUT2D eigenvalue weighted by molar-refractivity contribution is 0.459. The lowest BCUT2D eigenvalue weighted by atomic mass is 9.99. The van der Waals surface area contributed by atoms with Gasteiger partial charge in [0.15, 0.2) is 0 Å². The molecule has 0 saturated carbocycles. The molecule has 0 atom stereocenters. The maximum atomic E-state index is 4.85. The molecule has 1 aromatic carbocycles. The van der Waals surface area contributed by atoms with Gasteiger partial charge in [-0.15, -0.1) is 11.3 Å². The van der Waals surface area contributed by atoms with E-state index in [2.05, 4.69) is 41.9 Å². The van der Waals surface area contributed by atoms with Crippen molar-refractivity contribution in [2.24, 2.45) is 0 Å². The van der Waals surface area contributed by atoms with Crippen LogP contribution in [0.2, 0.25) is 0 Å². The summed E-state index contributed by atoms with van der Waals surface area (Å²) in [6.07, 6.45) is 3.54. The highest BCUT2D eigenvalue weighted by Crippen LogP contribution is 2.31. The highest BCUT2D eigenvalue weighted by molar-refractivity contribution is 7.10. The number of aromatic nitrogens is 1. The molecule has 2 nitrogen and oxygen atoms in total. The molecule has 2 heterocycles. The zero-order valence-corrected chi connectivity index (χ0v) is 12.2. The Kier molecular flexibility index (Phi) is 3.95. The Morgan fingerprint density at radius 2 is 1.95 bits per heavy atom. The monoisotopic (exact) mass is 272 g/mol. The molecule has 1 fully saturated rings. The van der Waals surface area contributed by atoms with Crippen LogP contribution in [0.5, 0.6) is 0 Å². The van der Waals surface area contributed by atoms with Gasteiger partial charge in [0.05, 0.1) is 10.7 Å². The van der Waals surface area contributed by atoms with Gasteiger partial charge >= 0.3 is 0 Å². The van der Waals surface area contributed by atoms with E-state index in [1.165, 1.54) is 29.0 Å². The van der Waals surface area contributed by atoms with Gasteiger partial charge in [-0.3, -0.25) is 0 Å². The van der Waals surface area contributed by atoms with Crippen molar-refractivity contribution in [3.05, 3.63) is 40.2 Å². The molecule has 19 heavy (non-hydrogen) atoms. The Bertz CT molecular complexity index is 524. The predicted molar refractivity (Wildman–Crippen MR) is 81.8 cm³/mol. The van der Waals surface area contributed by atoms with Crippen LogP contribution >= 0.6 is 11.3 Å². The zero-order chi connectivity index (χ0) is 13.1. The Labute approximate surface area is 118 Å². The summed E-state index contributed by atoms with van der Waals surface area (Å²) in [5.41, 5.74) is 3.77. The second-order valence-corrected chi connectivity index (χ2v) is 6.04. The summed E-state index contributed by atoms with van der Waals surface area (Å²) in [7, 11) is 0. The number of hydrogen-bond acceptors (Lipinski definition) is 3. The summed E-state index contributed by atoms with van der Waals surface area (Å²) in [4.78, 5) is 4.85. The van der Waals surface area contributed by atoms with Gasteiger partial charge in [-0.25, -0.2) is 4.98 Å². The van der Waals surface area contributed by atoms with Crippen LogP contribution in [-0.2, 0) is 6.42 Å². The fourth-order valence-electron chi connectivity index (χ4n) is 2.59. The van der Waals surface area contributed by atoms with Crippen molar-refractivity contribution in [1.82, 2.24) is 10.3 Å². The molecular weight excluding hydrogens is 252 g/mol. The molecule has 3 heteroatoms. The molecule has 0 aliphatic carbocycles. The van der Waals surface area contributed by atoms with Gasteiger partial charge in [-0.2, -0.15) is 0 Å². The molecule has 0 radical (unpaired) electrons. The van der Waals surface area contributed by atoms with Crippen molar-refractivity contribution in [2.75, 3.05) is 13.1 Å². The van der Waals surface area contributed by atoms with Crippen molar-refractivity contribution in [3.63, 3.8) is 0 Å². The Morgan fingerprint density at radius 3 is 2.63 bits per heavy atom. The fourth-order valence-corrected chi connectivity index (χ4v) is 3.59. The van der Waals surface area contributed by atoms with Crippen LogP contribution in [-0.4, -0.2) is 18.1 Å². The van der Waals surface area contributed by atoms with Gasteiger partial charge in [0, 0.05) is 16.9 Å². The molecule has 100 valence electrons. The van der Waals surface area contributed by atoms with E-state index in [9.17, 15) is 0 Å². The largest absolute Gasteiger partial charge is 0.317 e. The molecule has 1 aliphatic heterocycles. The maximum absolute atomic E-state index is 4.85. The summed E-state index contributed by atoms with van der Waals surface area (Å²) in [5, 5.41) is 6.93. The van der Waals surface area contributed by atoms with Gasteiger partial charge in [0.2, 0.25) is 0 Å². The molecule has 2 aromatic rings. The average Bonchev–Trinajstić information content (AvgIpc) is 2.98. The van der Waals surface area contributed by atoms with E-state index in [4.69, 9.17) is 4.98 Å². The SMILES string of the molecule is CCc1ccc(-c2csc(C3CCNCC3)n2)cc1. The summed E-state index contributed by atoms with van der Waals surface area (Å²) in [5.74, 6) is 0.662. The second kappa shape index (κ2) is 5.85. The molecular formula is C16H20N2S. The third-order valence-electron chi connectivity index (χ3n) is 3.87. The topological polar surface area (TPSA) is 24.9 Å². The van der Waals surface area contributed by atoms with E-state index in [1.807, 2.05) is 11.3 Å². The van der Waals surface area contributed by atoms with E-state index < -0.39 is 0 Å². The quantitative estimate of drug-likeness (QED) is 0.918. The zero-order valence-electron chi connectivity index (χ0n) is 11.4. The van der Waals surface area contributed by atoms with E-state index in [0.29, 0.717) is 5.92 Å². The van der Waals surface area contributed by atoms with Crippen molar-refractivity contribution >= 4 is 11.3 Å². The Morgan fingerprint density at radius 1 is 1.21 bits per heavy atom. The highest BCUT2D eigenvalue weighted by atomic mass is 32.1. The number of nitrogens with zero attached hydrogens (tertiary/aromatic N) is 1. The van der Waals surface area contributed by atoms with Crippen LogP contribution in [0.15, 0.2) is 29.6 Å². The molecule has 1 saturated heterocycles. The van der Waals surface area contributed by atoms with Crippen molar-refractivity contribution in [2.45, 2.75) is 32.1 Å². The van der Waals surface area contributed by atoms with Crippen molar-refractivity contribution in [3.8, 4) is 11.3 Å². The molecule has 1 aliphatic rings. The number of benzene rings is 1. The number of piperidine rings is 1. The van der Waals surface area contributed by atoms with Crippen molar-refractivity contribution in [1.29, 1.82) is 0 Å². The Hall–Kier alpha value is -1.19. The van der Waals surface area contributed by atoms with Crippen LogP contribution in [0.1, 0.15) is 36.3 Å². The predicted octanol–water partition coefficient (Wildman–Crippen LogP) is 3.84. The normalized spacial score (nSPS) is 16.7. The van der Waals surface area contributed by atoms with Crippen LogP contribution in [0.4, 0.5) is 0 Å². The lowest BCUT2D eigenvalue weighted by Crippen LogP contribution is -2.26. The second-order valence-electron chi connectivity index (χ2n) is 5.15. The van der Waals surface area contributed by atoms with Crippen LogP contribution < -0.4 is 5.32 Å². The van der Waals surface area contributed by atoms with Gasteiger partial charge in [-0.05, 0) is 37.9 Å². The van der Waals surface area contributed by atoms with Gasteiger partial charge in [-0.1, -0.05) is 31.2 Å². The molecule has 0 bridgehead atoms. The number of thiazole rings is 1. The number of rotatable bonds is 3. The molecule has 0 unspecified atom stereocenters. The smallest absolute Gasteiger partial charge is 0.0964 e. The van der Waals surface area contributed by atoms with Crippen LogP contribution in [0, 0.1) is 0 Å². The third kappa shape index (κ3) is 2.88. The number of aryl methyl sites for hydroxylation is 1. The summed E-state index contributed by atoms with van der Waals surface area (Å²) in [6, 6.07) is 8.80. The van der Waals surface area contributed by atoms with E-state index in [0.717, 1.165) is 25.2 Å². The molecule has 1 aromatic heterocycles.